The van der Waals surface area contributed by atoms with E-state index in [1.54, 1.807) is 0 Å². The van der Waals surface area contributed by atoms with Crippen molar-refractivity contribution in [3.05, 3.63) is 45.7 Å². The van der Waals surface area contributed by atoms with Gasteiger partial charge in [-0.2, -0.15) is 0 Å². The van der Waals surface area contributed by atoms with Crippen LogP contribution in [0.3, 0.4) is 0 Å². The van der Waals surface area contributed by atoms with Gasteiger partial charge in [0.25, 0.3) is 0 Å². The van der Waals surface area contributed by atoms with E-state index in [1.807, 2.05) is 32.9 Å². The Morgan fingerprint density at radius 3 is 2.43 bits per heavy atom. The zero-order valence-corrected chi connectivity index (χ0v) is 14.4. The molecule has 112 valence electrons. The lowest BCUT2D eigenvalue weighted by Gasteiger charge is -2.12. The maximum Gasteiger partial charge on any atom is 0.192 e. The summed E-state index contributed by atoms with van der Waals surface area (Å²) in [5.41, 5.74) is 4.36. The second-order valence-electron chi connectivity index (χ2n) is 4.91. The van der Waals surface area contributed by atoms with Crippen molar-refractivity contribution >= 4 is 23.4 Å². The van der Waals surface area contributed by atoms with E-state index in [0.717, 1.165) is 45.1 Å². The van der Waals surface area contributed by atoms with E-state index >= 15 is 0 Å². The number of hydrogen-bond donors (Lipinski definition) is 1. The first-order valence-corrected chi connectivity index (χ1v) is 8.20. The molecule has 2 rings (SSSR count). The molecule has 0 fully saturated rings. The Balaban J connectivity index is 2.34. The van der Waals surface area contributed by atoms with Crippen LogP contribution in [0.25, 0.3) is 0 Å². The van der Waals surface area contributed by atoms with Crippen LogP contribution in [0.5, 0.6) is 0 Å². The van der Waals surface area contributed by atoms with E-state index in [1.165, 1.54) is 17.3 Å². The van der Waals surface area contributed by atoms with E-state index < -0.39 is 0 Å². The van der Waals surface area contributed by atoms with Gasteiger partial charge >= 0.3 is 0 Å². The number of aryl methyl sites for hydroxylation is 2. The first kappa shape index (κ1) is 16.3. The molecule has 0 atom stereocenters. The van der Waals surface area contributed by atoms with Crippen LogP contribution in [-0.2, 0) is 6.54 Å². The number of nitrogens with one attached hydrogen (secondary N) is 1. The molecule has 1 N–H and O–H groups in total. The monoisotopic (exact) mass is 321 g/mol. The van der Waals surface area contributed by atoms with Gasteiger partial charge in [-0.15, -0.1) is 0 Å². The summed E-state index contributed by atoms with van der Waals surface area (Å²) in [7, 11) is 0. The number of rotatable bonds is 5. The molecular weight excluding hydrogens is 302 g/mol. The fraction of sp³-hybridized carbons (Fsp3) is 0.375. The molecule has 1 aromatic heterocycles. The molecule has 3 nitrogen and oxygen atoms in total. The minimum Gasteiger partial charge on any atom is -0.313 e. The van der Waals surface area contributed by atoms with Gasteiger partial charge in [-0.3, -0.25) is 0 Å². The third-order valence-electron chi connectivity index (χ3n) is 3.42. The van der Waals surface area contributed by atoms with Gasteiger partial charge in [0.05, 0.1) is 5.02 Å². The third-order valence-corrected chi connectivity index (χ3v) is 4.90. The normalized spacial score (nSPS) is 10.9. The predicted octanol–water partition coefficient (Wildman–Crippen LogP) is 4.32. The number of nitrogens with zero attached hydrogens (tertiary/aromatic N) is 2. The van der Waals surface area contributed by atoms with Crippen LogP contribution in [0.4, 0.5) is 0 Å². The Hall–Kier alpha value is -1.10. The molecule has 1 heterocycles. The molecule has 1 aromatic carbocycles. The highest BCUT2D eigenvalue weighted by Gasteiger charge is 2.12. The fourth-order valence-electron chi connectivity index (χ4n) is 1.95. The minimum atomic E-state index is 0.745. The molecule has 2 aromatic rings. The van der Waals surface area contributed by atoms with Gasteiger partial charge in [-0.05, 0) is 56.3 Å². The molecule has 0 saturated carbocycles. The van der Waals surface area contributed by atoms with Crippen molar-refractivity contribution in [3.63, 3.8) is 0 Å². The fourth-order valence-corrected chi connectivity index (χ4v) is 3.24. The van der Waals surface area contributed by atoms with Crippen molar-refractivity contribution < 1.29 is 0 Å². The van der Waals surface area contributed by atoms with Gasteiger partial charge in [-0.1, -0.05) is 30.7 Å². The zero-order chi connectivity index (χ0) is 15.4. The molecule has 0 bridgehead atoms. The largest absolute Gasteiger partial charge is 0.313 e. The Bertz CT molecular complexity index is 620. The summed E-state index contributed by atoms with van der Waals surface area (Å²) in [5, 5.41) is 4.83. The number of aromatic nitrogens is 2. The molecule has 0 saturated heterocycles. The van der Waals surface area contributed by atoms with Crippen molar-refractivity contribution in [2.45, 2.75) is 44.3 Å². The van der Waals surface area contributed by atoms with Gasteiger partial charge in [0.15, 0.2) is 5.16 Å². The van der Waals surface area contributed by atoms with Crippen molar-refractivity contribution in [1.82, 2.24) is 15.3 Å². The van der Waals surface area contributed by atoms with Crippen molar-refractivity contribution in [2.75, 3.05) is 6.54 Å². The van der Waals surface area contributed by atoms with Crippen molar-refractivity contribution in [1.29, 1.82) is 0 Å². The summed E-state index contributed by atoms with van der Waals surface area (Å²) in [6.45, 7) is 9.89. The molecule has 0 amide bonds. The van der Waals surface area contributed by atoms with Crippen LogP contribution < -0.4 is 5.32 Å². The van der Waals surface area contributed by atoms with Crippen molar-refractivity contribution in [3.8, 4) is 0 Å². The third kappa shape index (κ3) is 3.96. The highest BCUT2D eigenvalue weighted by atomic mass is 35.5. The van der Waals surface area contributed by atoms with Crippen LogP contribution in [0, 0.1) is 20.8 Å². The lowest BCUT2D eigenvalue weighted by atomic mass is 10.2. The van der Waals surface area contributed by atoms with Gasteiger partial charge in [0, 0.05) is 22.8 Å². The van der Waals surface area contributed by atoms with Crippen molar-refractivity contribution in [2.24, 2.45) is 0 Å². The Labute approximate surface area is 135 Å². The van der Waals surface area contributed by atoms with Gasteiger partial charge in [-0.25, -0.2) is 9.97 Å². The van der Waals surface area contributed by atoms with E-state index in [2.05, 4.69) is 28.3 Å². The van der Waals surface area contributed by atoms with Gasteiger partial charge < -0.3 is 5.32 Å². The first-order chi connectivity index (χ1) is 10.0. The zero-order valence-electron chi connectivity index (χ0n) is 12.8. The molecule has 0 unspecified atom stereocenters. The lowest BCUT2D eigenvalue weighted by Crippen LogP contribution is -2.12. The SMILES string of the molecule is CCNCc1cccc(Cl)c1Sc1nc(C)c(C)c(C)n1. The van der Waals surface area contributed by atoms with Gasteiger partial charge in [0.2, 0.25) is 0 Å². The molecule has 0 radical (unpaired) electrons. The summed E-state index contributed by atoms with van der Waals surface area (Å²) >= 11 is 7.90. The summed E-state index contributed by atoms with van der Waals surface area (Å²) < 4.78 is 0. The number of hydrogen-bond acceptors (Lipinski definition) is 4. The average Bonchev–Trinajstić information content (AvgIpc) is 2.45. The van der Waals surface area contributed by atoms with E-state index in [0.29, 0.717) is 0 Å². The number of benzene rings is 1. The Kier molecular flexibility index (Phi) is 5.62. The standard InChI is InChI=1S/C16H20ClN3S/c1-5-18-9-13-7-6-8-14(17)15(13)21-16-19-11(3)10(2)12(4)20-16/h6-8,18H,5,9H2,1-4H3. The van der Waals surface area contributed by atoms with Crippen LogP contribution in [0.1, 0.15) is 29.4 Å². The van der Waals surface area contributed by atoms with E-state index in [9.17, 15) is 0 Å². The molecule has 0 spiro atoms. The average molecular weight is 322 g/mol. The lowest BCUT2D eigenvalue weighted by molar-refractivity contribution is 0.717. The maximum atomic E-state index is 6.36. The second-order valence-corrected chi connectivity index (χ2v) is 6.30. The van der Waals surface area contributed by atoms with E-state index in [-0.39, 0.29) is 0 Å². The molecule has 0 aliphatic carbocycles. The first-order valence-electron chi connectivity index (χ1n) is 7.00. The smallest absolute Gasteiger partial charge is 0.192 e. The molecule has 21 heavy (non-hydrogen) atoms. The highest BCUT2D eigenvalue weighted by Crippen LogP contribution is 2.34. The van der Waals surface area contributed by atoms with Crippen LogP contribution in [0.2, 0.25) is 5.02 Å². The molecule has 5 heteroatoms. The topological polar surface area (TPSA) is 37.8 Å². The summed E-state index contributed by atoms with van der Waals surface area (Å²) in [4.78, 5) is 10.2. The molecule has 0 aliphatic rings. The summed E-state index contributed by atoms with van der Waals surface area (Å²) in [6.07, 6.45) is 0. The van der Waals surface area contributed by atoms with Crippen LogP contribution >= 0.6 is 23.4 Å². The summed E-state index contributed by atoms with van der Waals surface area (Å²) in [5.74, 6) is 0. The second kappa shape index (κ2) is 7.25. The highest BCUT2D eigenvalue weighted by molar-refractivity contribution is 7.99. The van der Waals surface area contributed by atoms with Crippen LogP contribution in [-0.4, -0.2) is 16.5 Å². The quantitative estimate of drug-likeness (QED) is 0.832. The molecular formula is C16H20ClN3S. The Morgan fingerprint density at radius 1 is 1.14 bits per heavy atom. The summed E-state index contributed by atoms with van der Waals surface area (Å²) in [6, 6.07) is 5.98. The van der Waals surface area contributed by atoms with Gasteiger partial charge in [0.1, 0.15) is 0 Å². The Morgan fingerprint density at radius 2 is 1.81 bits per heavy atom. The maximum absolute atomic E-state index is 6.36. The molecule has 0 aliphatic heterocycles. The number of halogens is 1. The minimum absolute atomic E-state index is 0.745. The van der Waals surface area contributed by atoms with E-state index in [4.69, 9.17) is 11.6 Å². The predicted molar refractivity (Wildman–Crippen MR) is 89.2 cm³/mol. The van der Waals surface area contributed by atoms with Crippen LogP contribution in [0.15, 0.2) is 28.3 Å².